The smallest absolute Gasteiger partial charge is 0.277 e. The van der Waals surface area contributed by atoms with E-state index in [0.717, 1.165) is 0 Å². The van der Waals surface area contributed by atoms with Crippen molar-refractivity contribution >= 4 is 22.8 Å². The van der Waals surface area contributed by atoms with Crippen LogP contribution in [0, 0.1) is 0 Å². The molecular weight excluding hydrogens is 286 g/mol. The van der Waals surface area contributed by atoms with Crippen LogP contribution in [0.4, 0.5) is 5.95 Å². The van der Waals surface area contributed by atoms with Crippen LogP contribution in [0.1, 0.15) is 12.8 Å². The minimum absolute atomic E-state index is 0.207. The summed E-state index contributed by atoms with van der Waals surface area (Å²) in [6.45, 7) is 0.320. The predicted octanol–water partition coefficient (Wildman–Crippen LogP) is 0.328. The fraction of sp³-hybridized carbons (Fsp3) is 0.231. The first-order valence-corrected chi connectivity index (χ1v) is 6.72. The fourth-order valence-corrected chi connectivity index (χ4v) is 2.02. The lowest BCUT2D eigenvalue weighted by Crippen LogP contribution is -2.25. The summed E-state index contributed by atoms with van der Waals surface area (Å²) in [6, 6.07) is 7.02. The molecule has 3 aromatic rings. The zero-order valence-corrected chi connectivity index (χ0v) is 11.6. The highest BCUT2D eigenvalue weighted by molar-refractivity contribution is 5.88. The lowest BCUT2D eigenvalue weighted by Gasteiger charge is -2.04. The molecule has 0 radical (unpaired) electrons. The van der Waals surface area contributed by atoms with Crippen LogP contribution in [0.25, 0.3) is 10.9 Å². The van der Waals surface area contributed by atoms with Gasteiger partial charge >= 0.3 is 0 Å². The first-order valence-electron chi connectivity index (χ1n) is 6.72. The molecule has 0 unspecified atom stereocenters. The molecule has 2 N–H and O–H groups in total. The van der Waals surface area contributed by atoms with Crippen molar-refractivity contribution in [3.63, 3.8) is 0 Å². The quantitative estimate of drug-likeness (QED) is 0.700. The Hall–Kier alpha value is -3.10. The van der Waals surface area contributed by atoms with Crippen LogP contribution in [0.3, 0.4) is 0 Å². The van der Waals surface area contributed by atoms with E-state index in [1.807, 2.05) is 0 Å². The predicted molar refractivity (Wildman–Crippen MR) is 78.0 cm³/mol. The van der Waals surface area contributed by atoms with Gasteiger partial charge in [-0.1, -0.05) is 17.3 Å². The number of nitrogens with zero attached hydrogens (tertiary/aromatic N) is 5. The van der Waals surface area contributed by atoms with E-state index in [9.17, 15) is 9.59 Å². The summed E-state index contributed by atoms with van der Waals surface area (Å²) in [4.78, 5) is 27.7. The lowest BCUT2D eigenvalue weighted by atomic mass is 10.2. The van der Waals surface area contributed by atoms with Crippen LogP contribution in [-0.4, -0.2) is 36.1 Å². The Morgan fingerprint density at radius 3 is 3.00 bits per heavy atom. The van der Waals surface area contributed by atoms with Gasteiger partial charge in [-0.3, -0.25) is 14.9 Å². The monoisotopic (exact) mass is 299 g/mol. The van der Waals surface area contributed by atoms with E-state index in [0.29, 0.717) is 29.8 Å². The standard InChI is InChI=1S/C13H13N7O2/c21-11(16-13-14-8-15-18-13)6-3-7-20-12(22)9-4-1-2-5-10(9)17-19-20/h1-2,4-5,8H,3,6-7H2,(H2,14,15,16,18,21). The highest BCUT2D eigenvalue weighted by Crippen LogP contribution is 2.04. The maximum Gasteiger partial charge on any atom is 0.277 e. The fourth-order valence-electron chi connectivity index (χ4n) is 2.02. The van der Waals surface area contributed by atoms with Gasteiger partial charge in [0, 0.05) is 13.0 Å². The summed E-state index contributed by atoms with van der Waals surface area (Å²) in [5.41, 5.74) is 0.355. The highest BCUT2D eigenvalue weighted by Gasteiger charge is 2.07. The third-order valence-corrected chi connectivity index (χ3v) is 3.08. The topological polar surface area (TPSA) is 118 Å². The Morgan fingerprint density at radius 1 is 1.32 bits per heavy atom. The second-order valence-corrected chi connectivity index (χ2v) is 4.62. The number of rotatable bonds is 5. The molecule has 0 atom stereocenters. The Balaban J connectivity index is 1.61. The first-order chi connectivity index (χ1) is 10.7. The Kier molecular flexibility index (Phi) is 3.86. The van der Waals surface area contributed by atoms with Crippen LogP contribution in [0.5, 0.6) is 0 Å². The zero-order chi connectivity index (χ0) is 15.4. The molecule has 3 rings (SSSR count). The second-order valence-electron chi connectivity index (χ2n) is 4.62. The molecule has 0 aliphatic rings. The number of H-pyrrole nitrogens is 1. The van der Waals surface area contributed by atoms with Gasteiger partial charge in [0.2, 0.25) is 11.9 Å². The van der Waals surface area contributed by atoms with E-state index in [2.05, 4.69) is 30.8 Å². The first kappa shape index (κ1) is 13.9. The molecule has 1 aromatic carbocycles. The van der Waals surface area contributed by atoms with Crippen molar-refractivity contribution < 1.29 is 4.79 Å². The van der Waals surface area contributed by atoms with Gasteiger partial charge in [0.25, 0.3) is 5.56 Å². The van der Waals surface area contributed by atoms with Gasteiger partial charge in [-0.25, -0.2) is 9.78 Å². The third kappa shape index (κ3) is 2.97. The van der Waals surface area contributed by atoms with Crippen molar-refractivity contribution in [3.8, 4) is 0 Å². The SMILES string of the molecule is O=C(CCCn1nnc2ccccc2c1=O)Nc1ncn[nH]1. The average Bonchev–Trinajstić information content (AvgIpc) is 3.03. The van der Waals surface area contributed by atoms with E-state index in [4.69, 9.17) is 0 Å². The summed E-state index contributed by atoms with van der Waals surface area (Å²) >= 11 is 0. The summed E-state index contributed by atoms with van der Waals surface area (Å²) < 4.78 is 1.27. The Morgan fingerprint density at radius 2 is 2.18 bits per heavy atom. The number of aromatic nitrogens is 6. The van der Waals surface area contributed by atoms with Gasteiger partial charge in [0.15, 0.2) is 0 Å². The molecule has 112 valence electrons. The second kappa shape index (κ2) is 6.12. The number of benzene rings is 1. The van der Waals surface area contributed by atoms with E-state index in [-0.39, 0.29) is 17.9 Å². The maximum atomic E-state index is 12.2. The number of hydrogen-bond donors (Lipinski definition) is 2. The molecule has 1 amide bonds. The minimum Gasteiger partial charge on any atom is -0.295 e. The number of hydrogen-bond acceptors (Lipinski definition) is 6. The van der Waals surface area contributed by atoms with Crippen LogP contribution >= 0.6 is 0 Å². The Bertz CT molecular complexity index is 841. The van der Waals surface area contributed by atoms with Crippen molar-refractivity contribution in [3.05, 3.63) is 40.9 Å². The number of aromatic amines is 1. The molecule has 0 saturated heterocycles. The maximum absolute atomic E-state index is 12.2. The average molecular weight is 299 g/mol. The zero-order valence-electron chi connectivity index (χ0n) is 11.6. The summed E-state index contributed by atoms with van der Waals surface area (Å²) in [5, 5.41) is 17.1. The molecule has 0 aliphatic carbocycles. The van der Waals surface area contributed by atoms with Crippen LogP contribution in [0.15, 0.2) is 35.4 Å². The number of amides is 1. The molecule has 0 spiro atoms. The van der Waals surface area contributed by atoms with Crippen molar-refractivity contribution in [1.82, 2.24) is 30.2 Å². The molecule has 0 aliphatic heterocycles. The summed E-state index contributed by atoms with van der Waals surface area (Å²) in [5.74, 6) is 0.0891. The van der Waals surface area contributed by atoms with Crippen LogP contribution < -0.4 is 10.9 Å². The van der Waals surface area contributed by atoms with Crippen molar-refractivity contribution in [2.24, 2.45) is 0 Å². The normalized spacial score (nSPS) is 10.7. The van der Waals surface area contributed by atoms with Gasteiger partial charge in [0.05, 0.1) is 5.39 Å². The number of fused-ring (bicyclic) bond motifs is 1. The Labute approximate surface area is 124 Å². The molecule has 22 heavy (non-hydrogen) atoms. The van der Waals surface area contributed by atoms with E-state index >= 15 is 0 Å². The van der Waals surface area contributed by atoms with Crippen molar-refractivity contribution in [2.45, 2.75) is 19.4 Å². The number of anilines is 1. The molecule has 9 heteroatoms. The molecule has 0 bridgehead atoms. The number of carbonyl (C=O) groups excluding carboxylic acids is 1. The lowest BCUT2D eigenvalue weighted by molar-refractivity contribution is -0.116. The van der Waals surface area contributed by atoms with Gasteiger partial charge in [-0.15, -0.1) is 5.10 Å². The minimum atomic E-state index is -0.210. The van der Waals surface area contributed by atoms with E-state index in [1.165, 1.54) is 11.0 Å². The van der Waals surface area contributed by atoms with E-state index in [1.54, 1.807) is 24.3 Å². The van der Waals surface area contributed by atoms with Gasteiger partial charge in [-0.2, -0.15) is 10.1 Å². The summed E-state index contributed by atoms with van der Waals surface area (Å²) in [6.07, 6.45) is 2.01. The molecule has 2 aromatic heterocycles. The van der Waals surface area contributed by atoms with E-state index < -0.39 is 0 Å². The molecule has 0 fully saturated rings. The van der Waals surface area contributed by atoms with Gasteiger partial charge in [0.1, 0.15) is 11.8 Å². The van der Waals surface area contributed by atoms with Crippen LogP contribution in [0.2, 0.25) is 0 Å². The van der Waals surface area contributed by atoms with Gasteiger partial charge < -0.3 is 0 Å². The molecule has 0 saturated carbocycles. The number of carbonyl (C=O) groups is 1. The van der Waals surface area contributed by atoms with Crippen molar-refractivity contribution in [2.75, 3.05) is 5.32 Å². The number of aryl methyl sites for hydroxylation is 1. The van der Waals surface area contributed by atoms with Crippen LogP contribution in [-0.2, 0) is 11.3 Å². The third-order valence-electron chi connectivity index (χ3n) is 3.08. The molecular formula is C13H13N7O2. The molecule has 9 nitrogen and oxygen atoms in total. The van der Waals surface area contributed by atoms with Gasteiger partial charge in [-0.05, 0) is 18.6 Å². The largest absolute Gasteiger partial charge is 0.295 e. The highest BCUT2D eigenvalue weighted by atomic mass is 16.2. The van der Waals surface area contributed by atoms with Crippen molar-refractivity contribution in [1.29, 1.82) is 0 Å². The summed E-state index contributed by atoms with van der Waals surface area (Å²) in [7, 11) is 0. The molecule has 2 heterocycles. The number of nitrogens with one attached hydrogen (secondary N) is 2.